The molecule has 2 nitrogen and oxygen atoms in total. The molecule has 4 heteroatoms. The molecule has 0 unspecified atom stereocenters. The van der Waals surface area contributed by atoms with E-state index in [1.54, 1.807) is 6.07 Å². The molecule has 0 saturated carbocycles. The summed E-state index contributed by atoms with van der Waals surface area (Å²) in [5.41, 5.74) is 0. The summed E-state index contributed by atoms with van der Waals surface area (Å²) in [5.74, 6) is 0.212. The first-order valence-corrected chi connectivity index (χ1v) is 6.19. The first-order chi connectivity index (χ1) is 7.74. The molecule has 0 fully saturated rings. The van der Waals surface area contributed by atoms with Crippen molar-refractivity contribution in [3.05, 3.63) is 28.5 Å². The van der Waals surface area contributed by atoms with Gasteiger partial charge in [0, 0.05) is 12.7 Å². The molecule has 0 aromatic heterocycles. The van der Waals surface area contributed by atoms with E-state index in [4.69, 9.17) is 9.47 Å². The normalized spacial score (nSPS) is 10.4. The van der Waals surface area contributed by atoms with E-state index < -0.39 is 0 Å². The van der Waals surface area contributed by atoms with Crippen LogP contribution >= 0.6 is 15.9 Å². The van der Waals surface area contributed by atoms with Crippen molar-refractivity contribution in [3.8, 4) is 5.75 Å². The maximum Gasteiger partial charge on any atom is 0.136 e. The van der Waals surface area contributed by atoms with Crippen LogP contribution in [0.1, 0.15) is 19.8 Å². The van der Waals surface area contributed by atoms with Crippen molar-refractivity contribution in [2.45, 2.75) is 19.8 Å². The molecule has 1 aromatic rings. The Kier molecular flexibility index (Phi) is 6.42. The zero-order chi connectivity index (χ0) is 11.8. The van der Waals surface area contributed by atoms with Crippen LogP contribution in [-0.2, 0) is 4.74 Å². The molecule has 1 rings (SSSR count). The van der Waals surface area contributed by atoms with Crippen molar-refractivity contribution < 1.29 is 13.9 Å². The maximum atomic E-state index is 12.9. The number of rotatable bonds is 7. The van der Waals surface area contributed by atoms with E-state index in [0.29, 0.717) is 19.0 Å². The minimum absolute atomic E-state index is 0.301. The molecule has 0 radical (unpaired) electrons. The first kappa shape index (κ1) is 13.5. The summed E-state index contributed by atoms with van der Waals surface area (Å²) in [7, 11) is 0. The third-order valence-corrected chi connectivity index (χ3v) is 2.68. The third-order valence-electron chi connectivity index (χ3n) is 2.02. The monoisotopic (exact) mass is 290 g/mol. The summed E-state index contributed by atoms with van der Waals surface area (Å²) in [5, 5.41) is 0. The minimum atomic E-state index is -0.301. The molecule has 16 heavy (non-hydrogen) atoms. The van der Waals surface area contributed by atoms with Gasteiger partial charge in [-0.25, -0.2) is 4.39 Å². The predicted octanol–water partition coefficient (Wildman–Crippen LogP) is 3.78. The smallest absolute Gasteiger partial charge is 0.136 e. The summed E-state index contributed by atoms with van der Waals surface area (Å²) in [6.45, 7) is 3.84. The highest BCUT2D eigenvalue weighted by Crippen LogP contribution is 2.25. The molecule has 0 atom stereocenters. The number of halogens is 2. The number of benzene rings is 1. The van der Waals surface area contributed by atoms with Crippen LogP contribution < -0.4 is 4.74 Å². The van der Waals surface area contributed by atoms with Crippen LogP contribution in [0.4, 0.5) is 4.39 Å². The van der Waals surface area contributed by atoms with Crippen molar-refractivity contribution in [1.29, 1.82) is 0 Å². The number of hydrogen-bond acceptors (Lipinski definition) is 2. The van der Waals surface area contributed by atoms with E-state index in [0.717, 1.165) is 23.9 Å². The number of unbranched alkanes of at least 4 members (excludes halogenated alkanes) is 1. The van der Waals surface area contributed by atoms with E-state index in [-0.39, 0.29) is 5.82 Å². The second-order valence-corrected chi connectivity index (χ2v) is 4.24. The first-order valence-electron chi connectivity index (χ1n) is 5.39. The standard InChI is InChI=1S/C12H16BrFO2/c1-2-3-6-15-7-8-16-12-9-10(14)4-5-11(12)13/h4-5,9H,2-3,6-8H2,1H3. The highest BCUT2D eigenvalue weighted by atomic mass is 79.9. The lowest BCUT2D eigenvalue weighted by atomic mass is 10.3. The molecule has 0 N–H and O–H groups in total. The molecule has 0 aliphatic heterocycles. The van der Waals surface area contributed by atoms with Gasteiger partial charge in [0.1, 0.15) is 18.2 Å². The zero-order valence-electron chi connectivity index (χ0n) is 9.34. The SMILES string of the molecule is CCCCOCCOc1cc(F)ccc1Br. The fraction of sp³-hybridized carbons (Fsp3) is 0.500. The van der Waals surface area contributed by atoms with Crippen LogP contribution in [0.25, 0.3) is 0 Å². The summed E-state index contributed by atoms with van der Waals surface area (Å²) in [6, 6.07) is 4.37. The molecule has 1 aromatic carbocycles. The largest absolute Gasteiger partial charge is 0.490 e. The van der Waals surface area contributed by atoms with Crippen LogP contribution in [0.3, 0.4) is 0 Å². The average molecular weight is 291 g/mol. The van der Waals surface area contributed by atoms with Crippen LogP contribution in [0, 0.1) is 5.82 Å². The van der Waals surface area contributed by atoms with Crippen molar-refractivity contribution in [2.75, 3.05) is 19.8 Å². The van der Waals surface area contributed by atoms with Crippen molar-refractivity contribution >= 4 is 15.9 Å². The Hall–Kier alpha value is -0.610. The van der Waals surface area contributed by atoms with Crippen LogP contribution in [0.15, 0.2) is 22.7 Å². The van der Waals surface area contributed by atoms with Gasteiger partial charge in [-0.2, -0.15) is 0 Å². The van der Waals surface area contributed by atoms with Crippen molar-refractivity contribution in [1.82, 2.24) is 0 Å². The Morgan fingerprint density at radius 1 is 1.25 bits per heavy atom. The zero-order valence-corrected chi connectivity index (χ0v) is 10.9. The van der Waals surface area contributed by atoms with E-state index >= 15 is 0 Å². The summed E-state index contributed by atoms with van der Waals surface area (Å²) in [4.78, 5) is 0. The fourth-order valence-corrected chi connectivity index (χ4v) is 1.51. The molecule has 0 saturated heterocycles. The molecular formula is C12H16BrFO2. The van der Waals surface area contributed by atoms with Gasteiger partial charge < -0.3 is 9.47 Å². The Balaban J connectivity index is 2.23. The van der Waals surface area contributed by atoms with E-state index in [9.17, 15) is 4.39 Å². The van der Waals surface area contributed by atoms with Gasteiger partial charge >= 0.3 is 0 Å². The molecule has 0 bridgehead atoms. The average Bonchev–Trinajstić information content (AvgIpc) is 2.28. The van der Waals surface area contributed by atoms with Gasteiger partial charge in [0.25, 0.3) is 0 Å². The highest BCUT2D eigenvalue weighted by Gasteiger charge is 2.02. The second kappa shape index (κ2) is 7.63. The Morgan fingerprint density at radius 2 is 2.06 bits per heavy atom. The van der Waals surface area contributed by atoms with Gasteiger partial charge in [0.15, 0.2) is 0 Å². The fourth-order valence-electron chi connectivity index (χ4n) is 1.15. The molecule has 0 heterocycles. The van der Waals surface area contributed by atoms with Crippen LogP contribution in [0.2, 0.25) is 0 Å². The quantitative estimate of drug-likeness (QED) is 0.712. The van der Waals surface area contributed by atoms with Gasteiger partial charge in [-0.1, -0.05) is 13.3 Å². The van der Waals surface area contributed by atoms with E-state index in [1.807, 2.05) is 0 Å². The number of hydrogen-bond donors (Lipinski definition) is 0. The predicted molar refractivity (Wildman–Crippen MR) is 65.3 cm³/mol. The van der Waals surface area contributed by atoms with Gasteiger partial charge in [0.05, 0.1) is 11.1 Å². The lowest BCUT2D eigenvalue weighted by molar-refractivity contribution is 0.0977. The topological polar surface area (TPSA) is 18.5 Å². The second-order valence-electron chi connectivity index (χ2n) is 3.39. The van der Waals surface area contributed by atoms with Gasteiger partial charge in [-0.05, 0) is 34.5 Å². The van der Waals surface area contributed by atoms with Crippen LogP contribution in [0.5, 0.6) is 5.75 Å². The molecule has 0 aliphatic rings. The summed E-state index contributed by atoms with van der Waals surface area (Å²) in [6.07, 6.45) is 2.18. The molecule has 0 aliphatic carbocycles. The molecule has 0 amide bonds. The molecule has 0 spiro atoms. The lowest BCUT2D eigenvalue weighted by Crippen LogP contribution is -2.07. The molecule has 90 valence electrons. The Morgan fingerprint density at radius 3 is 2.81 bits per heavy atom. The highest BCUT2D eigenvalue weighted by molar-refractivity contribution is 9.10. The third kappa shape index (κ3) is 4.94. The van der Waals surface area contributed by atoms with Gasteiger partial charge in [-0.15, -0.1) is 0 Å². The van der Waals surface area contributed by atoms with E-state index in [1.165, 1.54) is 12.1 Å². The minimum Gasteiger partial charge on any atom is -0.490 e. The molecular weight excluding hydrogens is 275 g/mol. The van der Waals surface area contributed by atoms with E-state index in [2.05, 4.69) is 22.9 Å². The van der Waals surface area contributed by atoms with Crippen LogP contribution in [-0.4, -0.2) is 19.8 Å². The number of ether oxygens (including phenoxy) is 2. The van der Waals surface area contributed by atoms with Crippen molar-refractivity contribution in [2.24, 2.45) is 0 Å². The van der Waals surface area contributed by atoms with Gasteiger partial charge in [0.2, 0.25) is 0 Å². The maximum absolute atomic E-state index is 12.9. The lowest BCUT2D eigenvalue weighted by Gasteiger charge is -2.08. The van der Waals surface area contributed by atoms with Gasteiger partial charge in [-0.3, -0.25) is 0 Å². The summed E-state index contributed by atoms with van der Waals surface area (Å²) >= 11 is 3.29. The summed E-state index contributed by atoms with van der Waals surface area (Å²) < 4.78 is 24.4. The van der Waals surface area contributed by atoms with Crippen molar-refractivity contribution in [3.63, 3.8) is 0 Å². The Labute approximate surface area is 104 Å². The Bertz CT molecular complexity index is 318.